The van der Waals surface area contributed by atoms with Crippen molar-refractivity contribution in [2.75, 3.05) is 26.2 Å². The van der Waals surface area contributed by atoms with Crippen LogP contribution in [0.3, 0.4) is 0 Å². The molecule has 1 aromatic carbocycles. The van der Waals surface area contributed by atoms with Crippen LogP contribution in [0.4, 0.5) is 5.69 Å². The van der Waals surface area contributed by atoms with Gasteiger partial charge in [-0.25, -0.2) is 0 Å². The lowest BCUT2D eigenvalue weighted by atomic mass is 10.1. The number of furan rings is 1. The summed E-state index contributed by atoms with van der Waals surface area (Å²) in [6.45, 7) is 2.86. The van der Waals surface area contributed by atoms with Gasteiger partial charge in [0.05, 0.1) is 23.8 Å². The summed E-state index contributed by atoms with van der Waals surface area (Å²) >= 11 is 0. The zero-order chi connectivity index (χ0) is 17.6. The second-order valence-electron chi connectivity index (χ2n) is 6.13. The number of nitro benzene ring substituents is 1. The Kier molecular flexibility index (Phi) is 5.57. The van der Waals surface area contributed by atoms with Crippen LogP contribution in [0.5, 0.6) is 0 Å². The molecule has 1 aromatic heterocycles. The number of ketones is 1. The number of rotatable bonds is 8. The molecule has 25 heavy (non-hydrogen) atoms. The van der Waals surface area contributed by atoms with Gasteiger partial charge in [-0.2, -0.15) is 0 Å². The van der Waals surface area contributed by atoms with Crippen molar-refractivity contribution in [2.45, 2.75) is 18.9 Å². The van der Waals surface area contributed by atoms with E-state index >= 15 is 0 Å². The van der Waals surface area contributed by atoms with Gasteiger partial charge in [0, 0.05) is 24.2 Å². The van der Waals surface area contributed by atoms with Crippen molar-refractivity contribution in [2.24, 2.45) is 0 Å². The summed E-state index contributed by atoms with van der Waals surface area (Å²) in [5.41, 5.74) is 0.449. The maximum Gasteiger partial charge on any atom is 0.269 e. The van der Waals surface area contributed by atoms with Gasteiger partial charge in [-0.3, -0.25) is 19.8 Å². The third-order valence-electron chi connectivity index (χ3n) is 4.48. The van der Waals surface area contributed by atoms with Crippen LogP contribution in [0, 0.1) is 10.1 Å². The summed E-state index contributed by atoms with van der Waals surface area (Å²) in [5, 5.41) is 13.9. The molecule has 0 radical (unpaired) electrons. The standard InChI is InChI=1S/C18H21N3O4/c22-17(14-5-7-15(8-6-14)21(23)24)13-19-12-16(18-4-3-11-25-18)20-9-1-2-10-20/h3-8,11,16,19H,1-2,9-10,12-13H2. The predicted octanol–water partition coefficient (Wildman–Crippen LogP) is 2.80. The molecule has 0 bridgehead atoms. The molecule has 1 saturated heterocycles. The molecule has 1 atom stereocenters. The van der Waals surface area contributed by atoms with E-state index in [2.05, 4.69) is 10.2 Å². The number of hydrogen-bond acceptors (Lipinski definition) is 6. The van der Waals surface area contributed by atoms with Crippen LogP contribution in [0.1, 0.15) is 35.0 Å². The maximum atomic E-state index is 12.2. The Morgan fingerprint density at radius 3 is 2.56 bits per heavy atom. The number of hydrogen-bond donors (Lipinski definition) is 1. The largest absolute Gasteiger partial charge is 0.468 e. The first-order chi connectivity index (χ1) is 12.1. The Morgan fingerprint density at radius 1 is 1.24 bits per heavy atom. The van der Waals surface area contributed by atoms with Crippen molar-refractivity contribution >= 4 is 11.5 Å². The van der Waals surface area contributed by atoms with Gasteiger partial charge < -0.3 is 9.73 Å². The number of nitro groups is 1. The molecule has 0 aliphatic carbocycles. The molecule has 1 N–H and O–H groups in total. The minimum atomic E-state index is -0.476. The quantitative estimate of drug-likeness (QED) is 0.450. The van der Waals surface area contributed by atoms with Crippen molar-refractivity contribution < 1.29 is 14.1 Å². The fraction of sp³-hybridized carbons (Fsp3) is 0.389. The average Bonchev–Trinajstić information content (AvgIpc) is 3.32. The average molecular weight is 343 g/mol. The summed E-state index contributed by atoms with van der Waals surface area (Å²) in [6.07, 6.45) is 4.03. The molecular formula is C18H21N3O4. The highest BCUT2D eigenvalue weighted by atomic mass is 16.6. The number of nitrogens with one attached hydrogen (secondary N) is 1. The fourth-order valence-electron chi connectivity index (χ4n) is 3.14. The van der Waals surface area contributed by atoms with E-state index in [9.17, 15) is 14.9 Å². The second-order valence-corrected chi connectivity index (χ2v) is 6.13. The first kappa shape index (κ1) is 17.3. The smallest absolute Gasteiger partial charge is 0.269 e. The van der Waals surface area contributed by atoms with E-state index in [1.807, 2.05) is 12.1 Å². The number of nitrogens with zero attached hydrogens (tertiary/aromatic N) is 2. The molecule has 1 aliphatic heterocycles. The minimum absolute atomic E-state index is 0.0172. The lowest BCUT2D eigenvalue weighted by molar-refractivity contribution is -0.384. The molecule has 132 valence electrons. The number of carbonyl (C=O) groups is 1. The summed E-state index contributed by atoms with van der Waals surface area (Å²) in [4.78, 5) is 24.8. The first-order valence-electron chi connectivity index (χ1n) is 8.41. The van der Waals surface area contributed by atoms with Crippen molar-refractivity contribution in [3.8, 4) is 0 Å². The Labute approximate surface area is 145 Å². The van der Waals surface area contributed by atoms with Gasteiger partial charge in [-0.15, -0.1) is 0 Å². The van der Waals surface area contributed by atoms with E-state index in [1.54, 1.807) is 6.26 Å². The third-order valence-corrected chi connectivity index (χ3v) is 4.48. The van der Waals surface area contributed by atoms with Gasteiger partial charge in [0.15, 0.2) is 5.78 Å². The van der Waals surface area contributed by atoms with E-state index in [1.165, 1.54) is 37.1 Å². The molecule has 0 spiro atoms. The van der Waals surface area contributed by atoms with Crippen LogP contribution in [0.2, 0.25) is 0 Å². The SMILES string of the molecule is O=C(CNCC(c1ccco1)N1CCCC1)c1ccc([N+](=O)[O-])cc1. The summed E-state index contributed by atoms with van der Waals surface area (Å²) in [6, 6.07) is 9.64. The van der Waals surface area contributed by atoms with Crippen LogP contribution in [0.15, 0.2) is 47.1 Å². The van der Waals surface area contributed by atoms with E-state index < -0.39 is 4.92 Å². The number of benzene rings is 1. The zero-order valence-corrected chi connectivity index (χ0v) is 13.9. The molecule has 0 amide bonds. The molecule has 1 unspecified atom stereocenters. The summed E-state index contributed by atoms with van der Waals surface area (Å²) in [5.74, 6) is 0.812. The molecule has 7 nitrogen and oxygen atoms in total. The molecule has 7 heteroatoms. The molecule has 1 fully saturated rings. The highest BCUT2D eigenvalue weighted by Crippen LogP contribution is 2.24. The van der Waals surface area contributed by atoms with Gasteiger partial charge in [-0.1, -0.05) is 0 Å². The first-order valence-corrected chi connectivity index (χ1v) is 8.41. The lowest BCUT2D eigenvalue weighted by Crippen LogP contribution is -2.36. The highest BCUT2D eigenvalue weighted by molar-refractivity contribution is 5.97. The van der Waals surface area contributed by atoms with Crippen LogP contribution in [-0.2, 0) is 0 Å². The molecule has 0 saturated carbocycles. The monoisotopic (exact) mass is 343 g/mol. The molecule has 1 aliphatic rings. The molecule has 2 heterocycles. The van der Waals surface area contributed by atoms with Crippen LogP contribution >= 0.6 is 0 Å². The Morgan fingerprint density at radius 2 is 1.96 bits per heavy atom. The molecule has 2 aromatic rings. The van der Waals surface area contributed by atoms with E-state index in [0.717, 1.165) is 18.8 Å². The maximum absolute atomic E-state index is 12.2. The predicted molar refractivity (Wildman–Crippen MR) is 92.6 cm³/mol. The number of Topliss-reactive ketones (excluding diaryl/α,β-unsaturated/α-hetero) is 1. The summed E-state index contributed by atoms with van der Waals surface area (Å²) in [7, 11) is 0. The number of carbonyl (C=O) groups excluding carboxylic acids is 1. The van der Waals surface area contributed by atoms with Gasteiger partial charge in [0.25, 0.3) is 5.69 Å². The Balaban J connectivity index is 1.56. The van der Waals surface area contributed by atoms with Gasteiger partial charge in [-0.05, 0) is 50.2 Å². The van der Waals surface area contributed by atoms with E-state index in [4.69, 9.17) is 4.42 Å². The van der Waals surface area contributed by atoms with Crippen molar-refractivity contribution in [3.05, 3.63) is 64.1 Å². The highest BCUT2D eigenvalue weighted by Gasteiger charge is 2.25. The van der Waals surface area contributed by atoms with Gasteiger partial charge in [0.2, 0.25) is 0 Å². The van der Waals surface area contributed by atoms with Crippen molar-refractivity contribution in [1.82, 2.24) is 10.2 Å². The van der Waals surface area contributed by atoms with Crippen LogP contribution < -0.4 is 5.32 Å². The second kappa shape index (κ2) is 8.04. The van der Waals surface area contributed by atoms with E-state index in [-0.39, 0.29) is 24.1 Å². The zero-order valence-electron chi connectivity index (χ0n) is 13.9. The van der Waals surface area contributed by atoms with E-state index in [0.29, 0.717) is 12.1 Å². The Bertz CT molecular complexity index is 706. The van der Waals surface area contributed by atoms with Gasteiger partial charge >= 0.3 is 0 Å². The fourth-order valence-corrected chi connectivity index (χ4v) is 3.14. The van der Waals surface area contributed by atoms with Crippen molar-refractivity contribution in [3.63, 3.8) is 0 Å². The van der Waals surface area contributed by atoms with Gasteiger partial charge in [0.1, 0.15) is 5.76 Å². The number of non-ortho nitro benzene ring substituents is 1. The molecular weight excluding hydrogens is 322 g/mol. The molecule has 3 rings (SSSR count). The Hall–Kier alpha value is -2.51. The normalized spacial score (nSPS) is 16.0. The summed E-state index contributed by atoms with van der Waals surface area (Å²) < 4.78 is 5.56. The lowest BCUT2D eigenvalue weighted by Gasteiger charge is -2.26. The van der Waals surface area contributed by atoms with Crippen molar-refractivity contribution in [1.29, 1.82) is 0 Å². The minimum Gasteiger partial charge on any atom is -0.468 e. The number of likely N-dealkylation sites (tertiary alicyclic amines) is 1. The third kappa shape index (κ3) is 4.32. The van der Waals surface area contributed by atoms with Crippen LogP contribution in [0.25, 0.3) is 0 Å². The topological polar surface area (TPSA) is 88.6 Å². The van der Waals surface area contributed by atoms with Crippen LogP contribution in [-0.4, -0.2) is 41.8 Å².